The first-order chi connectivity index (χ1) is 10.6. The zero-order valence-electron chi connectivity index (χ0n) is 13.6. The van der Waals surface area contributed by atoms with Gasteiger partial charge in [0.15, 0.2) is 0 Å². The molecule has 1 aromatic heterocycles. The third-order valence-corrected chi connectivity index (χ3v) is 4.86. The zero-order valence-corrected chi connectivity index (χ0v) is 14.4. The number of anilines is 1. The van der Waals surface area contributed by atoms with Crippen molar-refractivity contribution in [1.29, 1.82) is 0 Å². The highest BCUT2D eigenvalue weighted by Crippen LogP contribution is 2.58. The summed E-state index contributed by atoms with van der Waals surface area (Å²) in [5.74, 6) is -0.185. The molecule has 1 saturated heterocycles. The molecule has 1 saturated carbocycles. The van der Waals surface area contributed by atoms with Crippen LogP contribution in [0.5, 0.6) is 0 Å². The van der Waals surface area contributed by atoms with Crippen LogP contribution in [0.2, 0.25) is 0 Å². The topological polar surface area (TPSA) is 72.4 Å². The van der Waals surface area contributed by atoms with E-state index in [4.69, 9.17) is 4.74 Å². The maximum Gasteiger partial charge on any atom is 0.355 e. The molecule has 6 nitrogen and oxygen atoms in total. The molecule has 1 atom stereocenters. The molecule has 128 valence electrons. The second-order valence-corrected chi connectivity index (χ2v) is 6.30. The van der Waals surface area contributed by atoms with Gasteiger partial charge in [0.05, 0.1) is 12.3 Å². The van der Waals surface area contributed by atoms with Crippen molar-refractivity contribution in [1.82, 2.24) is 9.88 Å². The van der Waals surface area contributed by atoms with Gasteiger partial charge in [0.2, 0.25) is 5.91 Å². The molecule has 2 aliphatic rings. The van der Waals surface area contributed by atoms with E-state index in [9.17, 15) is 9.59 Å². The SMILES string of the molecule is CCOC(=O)c1cc(NC(=O)C2CC23CCNCC3)cn1C.Cl. The number of carbonyl (C=O) groups excluding carboxylic acids is 2. The predicted octanol–water partition coefficient (Wildman–Crippen LogP) is 1.95. The minimum atomic E-state index is -0.369. The standard InChI is InChI=1S/C16H23N3O3.ClH/c1-3-22-15(21)13-8-11(10-19(13)2)18-14(20)12-9-16(12)4-6-17-7-5-16;/h8,10,12,17H,3-7,9H2,1-2H3,(H,18,20);1H. The van der Waals surface area contributed by atoms with Crippen LogP contribution < -0.4 is 10.6 Å². The number of nitrogens with zero attached hydrogens (tertiary/aromatic N) is 1. The van der Waals surface area contributed by atoms with Gasteiger partial charge in [0.25, 0.3) is 0 Å². The van der Waals surface area contributed by atoms with Crippen molar-refractivity contribution in [2.24, 2.45) is 18.4 Å². The summed E-state index contributed by atoms with van der Waals surface area (Å²) in [6, 6.07) is 1.67. The molecule has 0 aromatic carbocycles. The summed E-state index contributed by atoms with van der Waals surface area (Å²) in [5.41, 5.74) is 1.32. The lowest BCUT2D eigenvalue weighted by atomic mass is 9.92. The molecule has 23 heavy (non-hydrogen) atoms. The number of nitrogens with one attached hydrogen (secondary N) is 2. The molecule has 1 unspecified atom stereocenters. The van der Waals surface area contributed by atoms with E-state index in [1.165, 1.54) is 0 Å². The lowest BCUT2D eigenvalue weighted by Crippen LogP contribution is -2.31. The molecule has 7 heteroatoms. The second kappa shape index (κ2) is 6.93. The van der Waals surface area contributed by atoms with E-state index in [2.05, 4.69) is 10.6 Å². The maximum absolute atomic E-state index is 12.4. The van der Waals surface area contributed by atoms with E-state index in [1.54, 1.807) is 30.8 Å². The average molecular weight is 342 g/mol. The van der Waals surface area contributed by atoms with Gasteiger partial charge in [-0.1, -0.05) is 0 Å². The summed E-state index contributed by atoms with van der Waals surface area (Å²) in [5, 5.41) is 6.28. The Kier molecular flexibility index (Phi) is 5.37. The first-order valence-electron chi connectivity index (χ1n) is 7.91. The van der Waals surface area contributed by atoms with Crippen molar-refractivity contribution in [3.8, 4) is 0 Å². The number of halogens is 1. The largest absolute Gasteiger partial charge is 0.461 e. The molecule has 0 bridgehead atoms. The van der Waals surface area contributed by atoms with Gasteiger partial charge in [-0.3, -0.25) is 4.79 Å². The van der Waals surface area contributed by atoms with Crippen molar-refractivity contribution in [2.75, 3.05) is 25.0 Å². The molecular weight excluding hydrogens is 318 g/mol. The summed E-state index contributed by atoms with van der Waals surface area (Å²) >= 11 is 0. The molecule has 1 aromatic rings. The Balaban J connectivity index is 0.00000192. The molecule has 0 radical (unpaired) electrons. The Morgan fingerprint density at radius 1 is 1.43 bits per heavy atom. The highest BCUT2D eigenvalue weighted by molar-refractivity contribution is 5.97. The fourth-order valence-electron chi connectivity index (χ4n) is 3.47. The number of rotatable bonds is 4. The van der Waals surface area contributed by atoms with Crippen LogP contribution in [0, 0.1) is 11.3 Å². The average Bonchev–Trinajstić information content (AvgIpc) is 3.05. The summed E-state index contributed by atoms with van der Waals surface area (Å²) in [4.78, 5) is 24.2. The van der Waals surface area contributed by atoms with Gasteiger partial charge in [-0.2, -0.15) is 0 Å². The van der Waals surface area contributed by atoms with Gasteiger partial charge < -0.3 is 19.9 Å². The van der Waals surface area contributed by atoms with Crippen LogP contribution in [0.1, 0.15) is 36.7 Å². The second-order valence-electron chi connectivity index (χ2n) is 6.30. The predicted molar refractivity (Wildman–Crippen MR) is 89.9 cm³/mol. The van der Waals surface area contributed by atoms with Gasteiger partial charge >= 0.3 is 5.97 Å². The molecule has 3 rings (SSSR count). The van der Waals surface area contributed by atoms with Gasteiger partial charge in [0, 0.05) is 19.2 Å². The number of carbonyl (C=O) groups is 2. The van der Waals surface area contributed by atoms with Crippen LogP contribution in [-0.4, -0.2) is 36.1 Å². The number of amides is 1. The molecule has 1 amide bonds. The Morgan fingerprint density at radius 3 is 2.78 bits per heavy atom. The van der Waals surface area contributed by atoms with Gasteiger partial charge in [-0.05, 0) is 50.8 Å². The van der Waals surface area contributed by atoms with E-state index >= 15 is 0 Å². The smallest absolute Gasteiger partial charge is 0.355 e. The van der Waals surface area contributed by atoms with E-state index in [-0.39, 0.29) is 35.6 Å². The molecule has 1 spiro atoms. The summed E-state index contributed by atoms with van der Waals surface area (Å²) < 4.78 is 6.68. The lowest BCUT2D eigenvalue weighted by Gasteiger charge is -2.23. The normalized spacial score (nSPS) is 21.4. The third kappa shape index (κ3) is 3.53. The van der Waals surface area contributed by atoms with Crippen LogP contribution in [0.25, 0.3) is 0 Å². The quantitative estimate of drug-likeness (QED) is 0.821. The lowest BCUT2D eigenvalue weighted by molar-refractivity contribution is -0.118. The molecule has 2 N–H and O–H groups in total. The highest BCUT2D eigenvalue weighted by Gasteiger charge is 2.57. The number of ether oxygens (including phenoxy) is 1. The van der Waals surface area contributed by atoms with Crippen LogP contribution in [0.15, 0.2) is 12.3 Å². The van der Waals surface area contributed by atoms with Crippen molar-refractivity contribution in [3.63, 3.8) is 0 Å². The Hall–Kier alpha value is -1.53. The Morgan fingerprint density at radius 2 is 2.13 bits per heavy atom. The van der Waals surface area contributed by atoms with Crippen LogP contribution in [0.4, 0.5) is 5.69 Å². The van der Waals surface area contributed by atoms with Gasteiger partial charge in [0.1, 0.15) is 5.69 Å². The molecule has 2 fully saturated rings. The molecule has 1 aliphatic carbocycles. The van der Waals surface area contributed by atoms with E-state index in [0.717, 1.165) is 32.4 Å². The maximum atomic E-state index is 12.4. The number of piperidine rings is 1. The van der Waals surface area contributed by atoms with Crippen molar-refractivity contribution < 1.29 is 14.3 Å². The zero-order chi connectivity index (χ0) is 15.7. The van der Waals surface area contributed by atoms with Gasteiger partial charge in [-0.25, -0.2) is 4.79 Å². The van der Waals surface area contributed by atoms with Crippen molar-refractivity contribution >= 4 is 30.0 Å². The number of aryl methyl sites for hydroxylation is 1. The summed E-state index contributed by atoms with van der Waals surface area (Å²) in [6.07, 6.45) is 4.89. The third-order valence-electron chi connectivity index (χ3n) is 4.86. The number of hydrogen-bond donors (Lipinski definition) is 2. The fourth-order valence-corrected chi connectivity index (χ4v) is 3.47. The molecule has 2 heterocycles. The minimum Gasteiger partial charge on any atom is -0.461 e. The van der Waals surface area contributed by atoms with Crippen LogP contribution in [0.3, 0.4) is 0 Å². The Labute approximate surface area is 142 Å². The summed E-state index contributed by atoms with van der Waals surface area (Å²) in [7, 11) is 1.77. The van der Waals surface area contributed by atoms with Gasteiger partial charge in [-0.15, -0.1) is 12.4 Å². The van der Waals surface area contributed by atoms with E-state index in [0.29, 0.717) is 18.0 Å². The van der Waals surface area contributed by atoms with E-state index in [1.807, 2.05) is 0 Å². The van der Waals surface area contributed by atoms with Crippen molar-refractivity contribution in [2.45, 2.75) is 26.2 Å². The first-order valence-corrected chi connectivity index (χ1v) is 7.91. The van der Waals surface area contributed by atoms with Crippen molar-refractivity contribution in [3.05, 3.63) is 18.0 Å². The number of esters is 1. The molecule has 1 aliphatic heterocycles. The fraction of sp³-hybridized carbons (Fsp3) is 0.625. The first kappa shape index (κ1) is 17.8. The Bertz CT molecular complexity index is 593. The van der Waals surface area contributed by atoms with E-state index < -0.39 is 0 Å². The number of hydrogen-bond acceptors (Lipinski definition) is 4. The summed E-state index contributed by atoms with van der Waals surface area (Å²) in [6.45, 7) is 4.11. The highest BCUT2D eigenvalue weighted by atomic mass is 35.5. The van der Waals surface area contributed by atoms with Crippen LogP contribution >= 0.6 is 12.4 Å². The molecular formula is C16H24ClN3O3. The number of aromatic nitrogens is 1. The van der Waals surface area contributed by atoms with Crippen LogP contribution in [-0.2, 0) is 16.6 Å². The monoisotopic (exact) mass is 341 g/mol. The minimum absolute atomic E-state index is 0.